The van der Waals surface area contributed by atoms with Crippen molar-refractivity contribution in [2.24, 2.45) is 11.7 Å². The maximum Gasteiger partial charge on any atom is 0.231 e. The first-order valence-electron chi connectivity index (χ1n) is 6.68. The highest BCUT2D eigenvalue weighted by Crippen LogP contribution is 2.35. The summed E-state index contributed by atoms with van der Waals surface area (Å²) in [6.45, 7) is 6.82. The lowest BCUT2D eigenvalue weighted by Crippen LogP contribution is -2.44. The first-order valence-corrected chi connectivity index (χ1v) is 6.68. The SMILES string of the molecule is CC1CCN(C(=O)C(C)C(C)N)c2ccccc21.Cl. The Kier molecular flexibility index (Phi) is 5.39. The Labute approximate surface area is 121 Å². The summed E-state index contributed by atoms with van der Waals surface area (Å²) < 4.78 is 0. The summed E-state index contributed by atoms with van der Waals surface area (Å²) >= 11 is 0. The minimum atomic E-state index is -0.133. The molecule has 3 atom stereocenters. The van der Waals surface area contributed by atoms with E-state index in [2.05, 4.69) is 13.0 Å². The van der Waals surface area contributed by atoms with Gasteiger partial charge in [0.25, 0.3) is 0 Å². The van der Waals surface area contributed by atoms with Gasteiger partial charge in [0.2, 0.25) is 5.91 Å². The lowest BCUT2D eigenvalue weighted by molar-refractivity contribution is -0.122. The number of anilines is 1. The molecule has 0 radical (unpaired) electrons. The summed E-state index contributed by atoms with van der Waals surface area (Å²) in [6.07, 6.45) is 1.02. The van der Waals surface area contributed by atoms with Gasteiger partial charge in [0.15, 0.2) is 0 Å². The fourth-order valence-corrected chi connectivity index (χ4v) is 2.45. The average molecular weight is 283 g/mol. The summed E-state index contributed by atoms with van der Waals surface area (Å²) in [5.41, 5.74) is 8.18. The zero-order chi connectivity index (χ0) is 13.3. The summed E-state index contributed by atoms with van der Waals surface area (Å²) in [6, 6.07) is 8.09. The number of amides is 1. The van der Waals surface area contributed by atoms with Gasteiger partial charge in [0, 0.05) is 18.3 Å². The number of hydrogen-bond acceptors (Lipinski definition) is 2. The quantitative estimate of drug-likeness (QED) is 0.906. The molecule has 3 nitrogen and oxygen atoms in total. The molecule has 0 aromatic heterocycles. The van der Waals surface area contributed by atoms with Crippen LogP contribution in [0.5, 0.6) is 0 Å². The van der Waals surface area contributed by atoms with E-state index in [1.54, 1.807) is 0 Å². The monoisotopic (exact) mass is 282 g/mol. The second-order valence-electron chi connectivity index (χ2n) is 5.39. The van der Waals surface area contributed by atoms with Crippen molar-refractivity contribution < 1.29 is 4.79 Å². The molecule has 1 heterocycles. The first-order chi connectivity index (χ1) is 8.52. The van der Waals surface area contributed by atoms with Crippen molar-refractivity contribution in [1.29, 1.82) is 0 Å². The van der Waals surface area contributed by atoms with Gasteiger partial charge in [-0.3, -0.25) is 4.79 Å². The average Bonchev–Trinajstić information content (AvgIpc) is 2.38. The molecule has 19 heavy (non-hydrogen) atoms. The molecule has 2 N–H and O–H groups in total. The Bertz CT molecular complexity index is 448. The van der Waals surface area contributed by atoms with Crippen molar-refractivity contribution in [3.05, 3.63) is 29.8 Å². The number of benzene rings is 1. The van der Waals surface area contributed by atoms with E-state index in [9.17, 15) is 4.79 Å². The third-order valence-electron chi connectivity index (χ3n) is 3.99. The molecule has 1 aliphatic heterocycles. The molecular weight excluding hydrogens is 260 g/mol. The number of carbonyl (C=O) groups is 1. The van der Waals surface area contributed by atoms with Crippen LogP contribution in [0.3, 0.4) is 0 Å². The maximum absolute atomic E-state index is 12.5. The van der Waals surface area contributed by atoms with Gasteiger partial charge in [-0.25, -0.2) is 0 Å². The van der Waals surface area contributed by atoms with E-state index >= 15 is 0 Å². The van der Waals surface area contributed by atoms with Gasteiger partial charge in [-0.15, -0.1) is 12.4 Å². The predicted molar refractivity (Wildman–Crippen MR) is 81.9 cm³/mol. The summed E-state index contributed by atoms with van der Waals surface area (Å²) in [5, 5.41) is 0. The molecule has 106 valence electrons. The summed E-state index contributed by atoms with van der Waals surface area (Å²) in [4.78, 5) is 14.4. The van der Waals surface area contributed by atoms with Crippen molar-refractivity contribution in [1.82, 2.24) is 0 Å². The van der Waals surface area contributed by atoms with Crippen LogP contribution < -0.4 is 10.6 Å². The van der Waals surface area contributed by atoms with Crippen LogP contribution in [0.4, 0.5) is 5.69 Å². The fourth-order valence-electron chi connectivity index (χ4n) is 2.45. The maximum atomic E-state index is 12.5. The number of hydrogen-bond donors (Lipinski definition) is 1. The number of fused-ring (bicyclic) bond motifs is 1. The highest BCUT2D eigenvalue weighted by molar-refractivity contribution is 5.96. The van der Waals surface area contributed by atoms with Crippen LogP contribution in [0.1, 0.15) is 38.7 Å². The Balaban J connectivity index is 0.00000180. The number of nitrogens with two attached hydrogens (primary N) is 1. The number of halogens is 1. The lowest BCUT2D eigenvalue weighted by atomic mass is 9.90. The van der Waals surface area contributed by atoms with Gasteiger partial charge in [-0.05, 0) is 30.9 Å². The molecule has 1 amide bonds. The second kappa shape index (κ2) is 6.40. The normalized spacial score (nSPS) is 21.1. The van der Waals surface area contributed by atoms with Crippen LogP contribution in [0, 0.1) is 5.92 Å². The lowest BCUT2D eigenvalue weighted by Gasteiger charge is -2.35. The number of carbonyl (C=O) groups excluding carboxylic acids is 1. The Hall–Kier alpha value is -1.06. The molecule has 3 unspecified atom stereocenters. The Morgan fingerprint density at radius 3 is 2.63 bits per heavy atom. The first kappa shape index (κ1) is 16.0. The van der Waals surface area contributed by atoms with Crippen LogP contribution in [-0.2, 0) is 4.79 Å². The van der Waals surface area contributed by atoms with Crippen LogP contribution >= 0.6 is 12.4 Å². The topological polar surface area (TPSA) is 46.3 Å². The van der Waals surface area contributed by atoms with Crippen molar-refractivity contribution in [2.45, 2.75) is 39.2 Å². The number of nitrogens with zero attached hydrogens (tertiary/aromatic N) is 1. The van der Waals surface area contributed by atoms with Gasteiger partial charge >= 0.3 is 0 Å². The molecular formula is C15H23ClN2O. The standard InChI is InChI=1S/C15H22N2O.ClH/c1-10-8-9-17(15(18)11(2)12(3)16)14-7-5-4-6-13(10)14;/h4-7,10-12H,8-9,16H2,1-3H3;1H. The molecule has 1 aromatic carbocycles. The van der Waals surface area contributed by atoms with E-state index in [1.165, 1.54) is 5.56 Å². The smallest absolute Gasteiger partial charge is 0.231 e. The molecule has 0 saturated heterocycles. The molecule has 0 aliphatic carbocycles. The molecule has 0 bridgehead atoms. The number of rotatable bonds is 2. The molecule has 4 heteroatoms. The molecule has 1 aliphatic rings. The second-order valence-corrected chi connectivity index (χ2v) is 5.39. The minimum absolute atomic E-state index is 0. The van der Waals surface area contributed by atoms with E-state index in [1.807, 2.05) is 36.9 Å². The molecule has 1 aromatic rings. The van der Waals surface area contributed by atoms with Crippen molar-refractivity contribution in [3.8, 4) is 0 Å². The third kappa shape index (κ3) is 3.10. The largest absolute Gasteiger partial charge is 0.327 e. The van der Waals surface area contributed by atoms with Gasteiger partial charge in [0.05, 0.1) is 5.92 Å². The molecule has 0 spiro atoms. The Morgan fingerprint density at radius 2 is 2.00 bits per heavy atom. The Morgan fingerprint density at radius 1 is 1.37 bits per heavy atom. The van der Waals surface area contributed by atoms with Crippen LogP contribution in [0.25, 0.3) is 0 Å². The van der Waals surface area contributed by atoms with E-state index in [0.29, 0.717) is 5.92 Å². The minimum Gasteiger partial charge on any atom is -0.327 e. The summed E-state index contributed by atoms with van der Waals surface area (Å²) in [7, 11) is 0. The van der Waals surface area contributed by atoms with Gasteiger partial charge in [0.1, 0.15) is 0 Å². The van der Waals surface area contributed by atoms with Crippen molar-refractivity contribution in [2.75, 3.05) is 11.4 Å². The predicted octanol–water partition coefficient (Wildman–Crippen LogP) is 2.93. The van der Waals surface area contributed by atoms with Crippen molar-refractivity contribution in [3.63, 3.8) is 0 Å². The van der Waals surface area contributed by atoms with E-state index in [-0.39, 0.29) is 30.3 Å². The third-order valence-corrected chi connectivity index (χ3v) is 3.99. The fraction of sp³-hybridized carbons (Fsp3) is 0.533. The number of para-hydroxylation sites is 1. The van der Waals surface area contributed by atoms with E-state index in [4.69, 9.17) is 5.73 Å². The van der Waals surface area contributed by atoms with E-state index < -0.39 is 0 Å². The van der Waals surface area contributed by atoms with E-state index in [0.717, 1.165) is 18.7 Å². The van der Waals surface area contributed by atoms with Gasteiger partial charge in [-0.2, -0.15) is 0 Å². The molecule has 0 saturated carbocycles. The van der Waals surface area contributed by atoms with Crippen LogP contribution in [0.15, 0.2) is 24.3 Å². The van der Waals surface area contributed by atoms with Gasteiger partial charge in [-0.1, -0.05) is 32.0 Å². The van der Waals surface area contributed by atoms with Gasteiger partial charge < -0.3 is 10.6 Å². The molecule has 0 fully saturated rings. The van der Waals surface area contributed by atoms with Crippen LogP contribution in [0.2, 0.25) is 0 Å². The highest BCUT2D eigenvalue weighted by atomic mass is 35.5. The molecule has 2 rings (SSSR count). The zero-order valence-corrected chi connectivity index (χ0v) is 12.6. The summed E-state index contributed by atoms with van der Waals surface area (Å²) in [5.74, 6) is 0.534. The van der Waals surface area contributed by atoms with Crippen LogP contribution in [-0.4, -0.2) is 18.5 Å². The highest BCUT2D eigenvalue weighted by Gasteiger charge is 2.29. The zero-order valence-electron chi connectivity index (χ0n) is 11.8. The van der Waals surface area contributed by atoms with Crippen molar-refractivity contribution >= 4 is 24.0 Å².